The standard InChI is InChI=1S/C17H18N4/c1-12-6-7-14-10-13(2)17(19-16(14)9-12)20-18-11-15-5-4-8-21(15)3/h4-11H,1-3H3,(H,19,20)/b18-11+. The molecule has 4 nitrogen and oxygen atoms in total. The van der Waals surface area contributed by atoms with Gasteiger partial charge in [-0.2, -0.15) is 5.10 Å². The first kappa shape index (κ1) is 13.4. The molecule has 0 amide bonds. The fourth-order valence-electron chi connectivity index (χ4n) is 2.26. The summed E-state index contributed by atoms with van der Waals surface area (Å²) in [6.07, 6.45) is 3.78. The van der Waals surface area contributed by atoms with Gasteiger partial charge in [0.1, 0.15) is 5.82 Å². The van der Waals surface area contributed by atoms with Gasteiger partial charge >= 0.3 is 0 Å². The summed E-state index contributed by atoms with van der Waals surface area (Å²) in [5.74, 6) is 0.790. The molecule has 2 aromatic heterocycles. The van der Waals surface area contributed by atoms with Gasteiger partial charge in [0.05, 0.1) is 17.4 Å². The molecule has 0 spiro atoms. The van der Waals surface area contributed by atoms with Gasteiger partial charge < -0.3 is 4.57 Å². The summed E-state index contributed by atoms with van der Waals surface area (Å²) in [5.41, 5.74) is 7.34. The Labute approximate surface area is 124 Å². The summed E-state index contributed by atoms with van der Waals surface area (Å²) >= 11 is 0. The van der Waals surface area contributed by atoms with Gasteiger partial charge in [-0.05, 0) is 49.2 Å². The number of aryl methyl sites for hydroxylation is 3. The molecule has 1 N–H and O–H groups in total. The summed E-state index contributed by atoms with van der Waals surface area (Å²) in [5, 5.41) is 5.42. The van der Waals surface area contributed by atoms with E-state index in [-0.39, 0.29) is 0 Å². The quantitative estimate of drug-likeness (QED) is 0.587. The van der Waals surface area contributed by atoms with E-state index in [9.17, 15) is 0 Å². The maximum absolute atomic E-state index is 4.65. The molecule has 21 heavy (non-hydrogen) atoms. The number of hydrogen-bond acceptors (Lipinski definition) is 3. The van der Waals surface area contributed by atoms with Gasteiger partial charge in [-0.25, -0.2) is 4.98 Å². The second-order valence-electron chi connectivity index (χ2n) is 5.26. The van der Waals surface area contributed by atoms with Crippen LogP contribution in [0.3, 0.4) is 0 Å². The fourth-order valence-corrected chi connectivity index (χ4v) is 2.26. The third kappa shape index (κ3) is 2.79. The molecule has 0 aliphatic heterocycles. The molecular weight excluding hydrogens is 260 g/mol. The van der Waals surface area contributed by atoms with Crippen molar-refractivity contribution < 1.29 is 0 Å². The molecule has 0 atom stereocenters. The van der Waals surface area contributed by atoms with Crippen molar-refractivity contribution in [2.24, 2.45) is 12.1 Å². The van der Waals surface area contributed by atoms with E-state index in [1.165, 1.54) is 5.56 Å². The van der Waals surface area contributed by atoms with Crippen LogP contribution in [0.1, 0.15) is 16.8 Å². The number of hydrogen-bond donors (Lipinski definition) is 1. The lowest BCUT2D eigenvalue weighted by molar-refractivity contribution is 0.918. The van der Waals surface area contributed by atoms with E-state index in [1.807, 2.05) is 36.9 Å². The number of hydrazone groups is 1. The van der Waals surface area contributed by atoms with Crippen LogP contribution in [-0.4, -0.2) is 15.8 Å². The zero-order chi connectivity index (χ0) is 14.8. The molecule has 0 saturated heterocycles. The number of aromatic nitrogens is 2. The summed E-state index contributed by atoms with van der Waals surface area (Å²) in [7, 11) is 1.99. The van der Waals surface area contributed by atoms with Crippen molar-refractivity contribution in [3.8, 4) is 0 Å². The van der Waals surface area contributed by atoms with Crippen molar-refractivity contribution in [3.05, 3.63) is 59.4 Å². The lowest BCUT2D eigenvalue weighted by Crippen LogP contribution is -1.99. The topological polar surface area (TPSA) is 42.2 Å². The molecule has 0 radical (unpaired) electrons. The SMILES string of the molecule is Cc1ccc2cc(C)c(N/N=C/c3cccn3C)nc2c1. The molecular formula is C17H18N4. The Hall–Kier alpha value is -2.62. The third-order valence-electron chi connectivity index (χ3n) is 3.51. The first-order valence-electron chi connectivity index (χ1n) is 6.92. The first-order valence-corrected chi connectivity index (χ1v) is 6.92. The summed E-state index contributed by atoms with van der Waals surface area (Å²) < 4.78 is 2.01. The third-order valence-corrected chi connectivity index (χ3v) is 3.51. The number of benzene rings is 1. The van der Waals surface area contributed by atoms with Crippen LogP contribution < -0.4 is 5.43 Å². The van der Waals surface area contributed by atoms with E-state index >= 15 is 0 Å². The summed E-state index contributed by atoms with van der Waals surface area (Å²) in [4.78, 5) is 4.65. The molecule has 0 saturated carbocycles. The molecule has 3 aromatic rings. The average molecular weight is 278 g/mol. The molecule has 0 aliphatic carbocycles. The van der Waals surface area contributed by atoms with E-state index in [2.05, 4.69) is 46.7 Å². The largest absolute Gasteiger partial charge is 0.350 e. The Balaban J connectivity index is 1.88. The van der Waals surface area contributed by atoms with Gasteiger partial charge in [-0.3, -0.25) is 5.43 Å². The van der Waals surface area contributed by atoms with Gasteiger partial charge in [0, 0.05) is 18.6 Å². The second-order valence-corrected chi connectivity index (χ2v) is 5.26. The Bertz CT molecular complexity index is 815. The highest BCUT2D eigenvalue weighted by Gasteiger charge is 2.03. The van der Waals surface area contributed by atoms with Crippen LogP contribution in [0, 0.1) is 13.8 Å². The molecule has 0 aliphatic rings. The van der Waals surface area contributed by atoms with E-state index in [0.29, 0.717) is 0 Å². The Kier molecular flexibility index (Phi) is 3.44. The van der Waals surface area contributed by atoms with Gasteiger partial charge in [0.15, 0.2) is 0 Å². The van der Waals surface area contributed by atoms with Crippen molar-refractivity contribution >= 4 is 22.9 Å². The normalized spacial score (nSPS) is 11.4. The second kappa shape index (κ2) is 5.40. The number of anilines is 1. The van der Waals surface area contributed by atoms with Crippen molar-refractivity contribution in [1.29, 1.82) is 0 Å². The van der Waals surface area contributed by atoms with Gasteiger partial charge in [0.2, 0.25) is 0 Å². The van der Waals surface area contributed by atoms with E-state index in [4.69, 9.17) is 0 Å². The molecule has 4 heteroatoms. The average Bonchev–Trinajstić information content (AvgIpc) is 2.85. The number of rotatable bonds is 3. The van der Waals surface area contributed by atoms with Gasteiger partial charge in [-0.1, -0.05) is 12.1 Å². The summed E-state index contributed by atoms with van der Waals surface area (Å²) in [6, 6.07) is 12.4. The zero-order valence-electron chi connectivity index (χ0n) is 12.5. The Morgan fingerprint density at radius 1 is 1.19 bits per heavy atom. The molecule has 2 heterocycles. The maximum atomic E-state index is 4.65. The minimum absolute atomic E-state index is 0.790. The van der Waals surface area contributed by atoms with Gasteiger partial charge in [-0.15, -0.1) is 0 Å². The molecule has 0 unspecified atom stereocenters. The van der Waals surface area contributed by atoms with E-state index in [0.717, 1.165) is 28.0 Å². The minimum atomic E-state index is 0.790. The lowest BCUT2D eigenvalue weighted by atomic mass is 10.1. The van der Waals surface area contributed by atoms with Crippen LogP contribution in [0.15, 0.2) is 47.7 Å². The number of fused-ring (bicyclic) bond motifs is 1. The van der Waals surface area contributed by atoms with Crippen LogP contribution in [0.25, 0.3) is 10.9 Å². The minimum Gasteiger partial charge on any atom is -0.350 e. The molecule has 1 aromatic carbocycles. The predicted molar refractivity (Wildman–Crippen MR) is 87.8 cm³/mol. The van der Waals surface area contributed by atoms with Crippen LogP contribution >= 0.6 is 0 Å². The number of pyridine rings is 1. The van der Waals surface area contributed by atoms with Crippen LogP contribution in [0.2, 0.25) is 0 Å². The summed E-state index contributed by atoms with van der Waals surface area (Å²) in [6.45, 7) is 4.11. The van der Waals surface area contributed by atoms with Crippen LogP contribution in [0.5, 0.6) is 0 Å². The van der Waals surface area contributed by atoms with E-state index in [1.54, 1.807) is 6.21 Å². The van der Waals surface area contributed by atoms with Crippen molar-refractivity contribution in [1.82, 2.24) is 9.55 Å². The zero-order valence-corrected chi connectivity index (χ0v) is 12.5. The highest BCUT2D eigenvalue weighted by Crippen LogP contribution is 2.20. The Morgan fingerprint density at radius 3 is 2.81 bits per heavy atom. The first-order chi connectivity index (χ1) is 10.1. The fraction of sp³-hybridized carbons (Fsp3) is 0.176. The smallest absolute Gasteiger partial charge is 0.149 e. The lowest BCUT2D eigenvalue weighted by Gasteiger charge is -2.07. The number of nitrogens with one attached hydrogen (secondary N) is 1. The highest BCUT2D eigenvalue weighted by molar-refractivity contribution is 5.83. The highest BCUT2D eigenvalue weighted by atomic mass is 15.3. The van der Waals surface area contributed by atoms with Crippen LogP contribution in [0.4, 0.5) is 5.82 Å². The maximum Gasteiger partial charge on any atom is 0.149 e. The molecule has 0 bridgehead atoms. The van der Waals surface area contributed by atoms with E-state index < -0.39 is 0 Å². The van der Waals surface area contributed by atoms with Crippen molar-refractivity contribution in [3.63, 3.8) is 0 Å². The number of nitrogens with zero attached hydrogens (tertiary/aromatic N) is 3. The van der Waals surface area contributed by atoms with Gasteiger partial charge in [0.25, 0.3) is 0 Å². The van der Waals surface area contributed by atoms with Crippen LogP contribution in [-0.2, 0) is 7.05 Å². The molecule has 106 valence electrons. The van der Waals surface area contributed by atoms with Crippen molar-refractivity contribution in [2.45, 2.75) is 13.8 Å². The Morgan fingerprint density at radius 2 is 2.05 bits per heavy atom. The molecule has 3 rings (SSSR count). The molecule has 0 fully saturated rings. The predicted octanol–water partition coefficient (Wildman–Crippen LogP) is 3.64. The monoisotopic (exact) mass is 278 g/mol. The van der Waals surface area contributed by atoms with Crippen molar-refractivity contribution in [2.75, 3.05) is 5.43 Å².